The van der Waals surface area contributed by atoms with Crippen molar-refractivity contribution in [2.75, 3.05) is 18.4 Å². The van der Waals surface area contributed by atoms with Crippen LogP contribution in [0.2, 0.25) is 10.0 Å². The van der Waals surface area contributed by atoms with Crippen LogP contribution in [-0.2, 0) is 10.0 Å². The van der Waals surface area contributed by atoms with Crippen molar-refractivity contribution in [3.63, 3.8) is 0 Å². The van der Waals surface area contributed by atoms with E-state index < -0.39 is 16.1 Å². The van der Waals surface area contributed by atoms with E-state index in [4.69, 9.17) is 23.2 Å². The molecule has 0 amide bonds. The molecule has 0 fully saturated rings. The van der Waals surface area contributed by atoms with Gasteiger partial charge in [0.25, 0.3) is 0 Å². The van der Waals surface area contributed by atoms with Gasteiger partial charge in [0.05, 0.1) is 15.7 Å². The summed E-state index contributed by atoms with van der Waals surface area (Å²) in [5.74, 6) is 0.736. The average Bonchev–Trinajstić information content (AvgIpc) is 2.96. The molecule has 0 bridgehead atoms. The number of sulfonamides is 1. The molecule has 1 aromatic heterocycles. The number of hydrogen-bond acceptors (Lipinski definition) is 4. The van der Waals surface area contributed by atoms with E-state index in [0.29, 0.717) is 34.4 Å². The highest BCUT2D eigenvalue weighted by atomic mass is 35.5. The lowest BCUT2D eigenvalue weighted by molar-refractivity contribution is 0.443. The zero-order chi connectivity index (χ0) is 19.9. The predicted octanol–water partition coefficient (Wildman–Crippen LogP) is 4.42. The van der Waals surface area contributed by atoms with Crippen molar-refractivity contribution in [1.29, 1.82) is 0 Å². The van der Waals surface area contributed by atoms with Crippen LogP contribution in [0.1, 0.15) is 38.1 Å². The number of aromatic nitrogens is 2. The van der Waals surface area contributed by atoms with Crippen LogP contribution in [0.3, 0.4) is 0 Å². The van der Waals surface area contributed by atoms with Crippen LogP contribution in [0.25, 0.3) is 0 Å². The highest BCUT2D eigenvalue weighted by molar-refractivity contribution is 7.93. The van der Waals surface area contributed by atoms with Crippen LogP contribution < -0.4 is 5.32 Å². The van der Waals surface area contributed by atoms with Crippen LogP contribution in [0.15, 0.2) is 34.9 Å². The smallest absolute Gasteiger partial charge is 0.243 e. The maximum atomic E-state index is 13.4. The number of nitrogens with zero attached hydrogens (tertiary/aromatic N) is 3. The molecular weight excluding hydrogens is 407 g/mol. The first-order valence-electron chi connectivity index (χ1n) is 8.69. The van der Waals surface area contributed by atoms with E-state index in [-0.39, 0.29) is 4.91 Å². The van der Waals surface area contributed by atoms with Crippen LogP contribution in [0, 0.1) is 6.92 Å². The summed E-state index contributed by atoms with van der Waals surface area (Å²) in [6, 6.07) is 6.42. The third-order valence-electron chi connectivity index (χ3n) is 4.62. The van der Waals surface area contributed by atoms with Crippen molar-refractivity contribution in [2.45, 2.75) is 33.7 Å². The third-order valence-corrected chi connectivity index (χ3v) is 7.64. The quantitative estimate of drug-likeness (QED) is 0.765. The number of benzene rings is 1. The largest absolute Gasteiger partial charge is 0.343 e. The molecular formula is C18H22Cl2N4O2S. The van der Waals surface area contributed by atoms with Gasteiger partial charge >= 0.3 is 0 Å². The number of rotatable bonds is 5. The molecule has 0 radical (unpaired) electrons. The lowest BCUT2D eigenvalue weighted by Crippen LogP contribution is -2.37. The molecule has 6 nitrogen and oxygen atoms in total. The molecule has 0 saturated heterocycles. The van der Waals surface area contributed by atoms with Crippen molar-refractivity contribution in [3.05, 3.63) is 56.2 Å². The number of aryl methyl sites for hydroxylation is 1. The lowest BCUT2D eigenvalue weighted by atomic mass is 10.0. The van der Waals surface area contributed by atoms with Gasteiger partial charge in [-0.15, -0.1) is 0 Å². The number of allylic oxidation sites excluding steroid dienone is 2. The van der Waals surface area contributed by atoms with Gasteiger partial charge in [0.2, 0.25) is 10.0 Å². The Hall–Kier alpha value is -1.54. The highest BCUT2D eigenvalue weighted by Gasteiger charge is 2.39. The summed E-state index contributed by atoms with van der Waals surface area (Å²) in [5, 5.41) is 8.50. The van der Waals surface area contributed by atoms with E-state index in [1.807, 2.05) is 26.8 Å². The zero-order valence-corrected chi connectivity index (χ0v) is 18.0. The Labute approximate surface area is 169 Å². The summed E-state index contributed by atoms with van der Waals surface area (Å²) >= 11 is 12.3. The van der Waals surface area contributed by atoms with Crippen LogP contribution in [-0.4, -0.2) is 35.6 Å². The van der Waals surface area contributed by atoms with Crippen molar-refractivity contribution in [3.8, 4) is 0 Å². The highest BCUT2D eigenvalue weighted by Crippen LogP contribution is 2.41. The van der Waals surface area contributed by atoms with Gasteiger partial charge in [0.15, 0.2) is 0 Å². The number of halogens is 2. The van der Waals surface area contributed by atoms with E-state index in [9.17, 15) is 8.42 Å². The Morgan fingerprint density at radius 3 is 2.41 bits per heavy atom. The van der Waals surface area contributed by atoms with E-state index >= 15 is 0 Å². The summed E-state index contributed by atoms with van der Waals surface area (Å²) in [5.41, 5.74) is 2.07. The topological polar surface area (TPSA) is 67.2 Å². The third kappa shape index (κ3) is 3.49. The second-order valence-corrected chi connectivity index (χ2v) is 9.12. The summed E-state index contributed by atoms with van der Waals surface area (Å²) in [4.78, 5) is 0.264. The normalized spacial score (nSPS) is 17.2. The van der Waals surface area contributed by atoms with Crippen molar-refractivity contribution in [2.24, 2.45) is 0 Å². The Balaban J connectivity index is 2.27. The number of anilines is 1. The second-order valence-electron chi connectivity index (χ2n) is 6.40. The molecule has 0 saturated carbocycles. The van der Waals surface area contributed by atoms with E-state index in [2.05, 4.69) is 10.4 Å². The van der Waals surface area contributed by atoms with E-state index in [1.54, 1.807) is 29.8 Å². The molecule has 2 aromatic rings. The minimum atomic E-state index is -3.71. The van der Waals surface area contributed by atoms with Gasteiger partial charge in [-0.05, 0) is 31.5 Å². The number of hydrogen-bond donors (Lipinski definition) is 1. The molecule has 1 unspecified atom stereocenters. The van der Waals surface area contributed by atoms with Crippen LogP contribution in [0.4, 0.5) is 5.82 Å². The standard InChI is InChI=1S/C18H22Cl2N4O2S/c1-5-23(6-2)27(25,26)18-12(4)21-16-9-11(3)22-24(16)17(18)13-7-8-14(19)15(20)10-13/h7-10,17,21H,5-6H2,1-4H3. The van der Waals surface area contributed by atoms with Gasteiger partial charge in [-0.2, -0.15) is 9.40 Å². The SMILES string of the molecule is CCN(CC)S(=O)(=O)C1=C(C)Nc2cc(C)nn2C1c1ccc(Cl)c(Cl)c1. The molecule has 1 aliphatic heterocycles. The maximum Gasteiger partial charge on any atom is 0.243 e. The molecule has 1 N–H and O–H groups in total. The first-order valence-corrected chi connectivity index (χ1v) is 10.9. The van der Waals surface area contributed by atoms with Crippen molar-refractivity contribution < 1.29 is 8.42 Å². The van der Waals surface area contributed by atoms with Gasteiger partial charge in [-0.25, -0.2) is 13.1 Å². The fourth-order valence-electron chi connectivity index (χ4n) is 3.39. The average molecular weight is 429 g/mol. The van der Waals surface area contributed by atoms with Crippen molar-refractivity contribution in [1.82, 2.24) is 14.1 Å². The van der Waals surface area contributed by atoms with Gasteiger partial charge in [0, 0.05) is 24.9 Å². The molecule has 9 heteroatoms. The number of nitrogens with one attached hydrogen (secondary N) is 1. The Kier molecular flexibility index (Phi) is 5.59. The van der Waals surface area contributed by atoms with Crippen LogP contribution in [0.5, 0.6) is 0 Å². The second kappa shape index (κ2) is 7.47. The molecule has 1 atom stereocenters. The minimum absolute atomic E-state index is 0.264. The van der Waals surface area contributed by atoms with Gasteiger partial charge in [-0.3, -0.25) is 0 Å². The molecule has 1 aromatic carbocycles. The van der Waals surface area contributed by atoms with Gasteiger partial charge < -0.3 is 5.32 Å². The first kappa shape index (κ1) is 20.2. The zero-order valence-electron chi connectivity index (χ0n) is 15.6. The molecule has 27 heavy (non-hydrogen) atoms. The first-order chi connectivity index (χ1) is 12.7. The molecule has 3 rings (SSSR count). The monoisotopic (exact) mass is 428 g/mol. The molecule has 0 aliphatic carbocycles. The van der Waals surface area contributed by atoms with Crippen molar-refractivity contribution >= 4 is 39.0 Å². The fourth-order valence-corrected chi connectivity index (χ4v) is 5.61. The Bertz CT molecular complexity index is 1010. The van der Waals surface area contributed by atoms with Gasteiger partial charge in [0.1, 0.15) is 16.8 Å². The summed E-state index contributed by atoms with van der Waals surface area (Å²) in [6.07, 6.45) is 0. The summed E-state index contributed by atoms with van der Waals surface area (Å²) < 4.78 is 30.0. The molecule has 0 spiro atoms. The van der Waals surface area contributed by atoms with E-state index in [1.165, 1.54) is 4.31 Å². The van der Waals surface area contributed by atoms with Crippen LogP contribution >= 0.6 is 23.2 Å². The number of fused-ring (bicyclic) bond motifs is 1. The predicted molar refractivity (Wildman–Crippen MR) is 110 cm³/mol. The molecule has 146 valence electrons. The molecule has 1 aliphatic rings. The Morgan fingerprint density at radius 2 is 1.81 bits per heavy atom. The fraction of sp³-hybridized carbons (Fsp3) is 0.389. The summed E-state index contributed by atoms with van der Waals surface area (Å²) in [6.45, 7) is 8.05. The maximum absolute atomic E-state index is 13.4. The lowest BCUT2D eigenvalue weighted by Gasteiger charge is -2.32. The van der Waals surface area contributed by atoms with Gasteiger partial charge in [-0.1, -0.05) is 43.1 Å². The Morgan fingerprint density at radius 1 is 1.15 bits per heavy atom. The molecule has 2 heterocycles. The minimum Gasteiger partial charge on any atom is -0.343 e. The van der Waals surface area contributed by atoms with E-state index in [0.717, 1.165) is 11.5 Å². The summed E-state index contributed by atoms with van der Waals surface area (Å²) in [7, 11) is -3.71.